The molecule has 0 aliphatic carbocycles. The number of aliphatic hydroxyl groups is 1. The molecule has 0 saturated carbocycles. The van der Waals surface area contributed by atoms with Crippen LogP contribution in [0.5, 0.6) is 11.5 Å². The Bertz CT molecular complexity index is 1210. The second kappa shape index (κ2) is 13.5. The fraction of sp³-hybridized carbons (Fsp3) is 0.133. The largest absolute Gasteiger partial charge is 0.493 e. The van der Waals surface area contributed by atoms with Gasteiger partial charge >= 0.3 is 11.9 Å². The van der Waals surface area contributed by atoms with E-state index >= 15 is 0 Å². The maximum absolute atomic E-state index is 11.7. The van der Waals surface area contributed by atoms with Crippen molar-refractivity contribution in [2.75, 3.05) is 19.8 Å². The van der Waals surface area contributed by atoms with Gasteiger partial charge < -0.3 is 19.3 Å². The Kier molecular flexibility index (Phi) is 9.79. The van der Waals surface area contributed by atoms with Crippen LogP contribution < -0.4 is 9.47 Å². The fourth-order valence-corrected chi connectivity index (χ4v) is 3.09. The van der Waals surface area contributed by atoms with Gasteiger partial charge in [0.1, 0.15) is 11.5 Å². The molecule has 6 nitrogen and oxygen atoms in total. The normalized spacial score (nSPS) is 10.6. The number of hydrogen-bond donors (Lipinski definition) is 1. The van der Waals surface area contributed by atoms with E-state index < -0.39 is 18.5 Å². The Morgan fingerprint density at radius 3 is 1.86 bits per heavy atom. The van der Waals surface area contributed by atoms with Crippen molar-refractivity contribution in [1.82, 2.24) is 0 Å². The number of aliphatic hydroxyl groups excluding tert-OH is 1. The van der Waals surface area contributed by atoms with E-state index in [0.29, 0.717) is 25.4 Å². The van der Waals surface area contributed by atoms with Gasteiger partial charge in [-0.1, -0.05) is 73.8 Å². The van der Waals surface area contributed by atoms with Crippen LogP contribution in [-0.2, 0) is 14.3 Å². The molecule has 0 aliphatic heterocycles. The predicted octanol–water partition coefficient (Wildman–Crippen LogP) is 5.48. The van der Waals surface area contributed by atoms with Crippen molar-refractivity contribution in [3.8, 4) is 22.6 Å². The molecule has 0 atom stereocenters. The molecule has 184 valence electrons. The summed E-state index contributed by atoms with van der Waals surface area (Å²) in [7, 11) is 0. The maximum atomic E-state index is 11.7. The molecule has 0 aliphatic rings. The minimum absolute atomic E-state index is 0.00685. The van der Waals surface area contributed by atoms with Gasteiger partial charge in [-0.15, -0.1) is 0 Å². The lowest BCUT2D eigenvalue weighted by Crippen LogP contribution is -2.12. The molecule has 0 unspecified atom stereocenters. The zero-order chi connectivity index (χ0) is 25.8. The van der Waals surface area contributed by atoms with Gasteiger partial charge in [0.25, 0.3) is 0 Å². The van der Waals surface area contributed by atoms with Gasteiger partial charge in [-0.25, -0.2) is 9.59 Å². The van der Waals surface area contributed by atoms with Crippen LogP contribution in [-0.4, -0.2) is 36.9 Å². The Hall–Kier alpha value is -4.42. The quantitative estimate of drug-likeness (QED) is 0.121. The third kappa shape index (κ3) is 8.11. The van der Waals surface area contributed by atoms with E-state index in [1.54, 1.807) is 12.1 Å². The van der Waals surface area contributed by atoms with Gasteiger partial charge in [-0.05, 0) is 46.5 Å². The molecule has 0 spiro atoms. The standard InChI is InChI=1S/C30H28O6/c1-3-29(32)35-20-4-19-34-27-17-13-26(14-18-27)25-11-7-23(8-12-25)5-6-24-9-15-28(16-10-24)36-30(33)22(2)21-31/h3,5-18,31H,1-2,4,19-21H2/b6-5+. The number of carbonyl (C=O) groups excluding carboxylic acids is 2. The van der Waals surface area contributed by atoms with Gasteiger partial charge in [0.05, 0.1) is 25.4 Å². The highest BCUT2D eigenvalue weighted by molar-refractivity contribution is 5.89. The Morgan fingerprint density at radius 2 is 1.31 bits per heavy atom. The molecule has 0 saturated heterocycles. The van der Waals surface area contributed by atoms with Crippen LogP contribution >= 0.6 is 0 Å². The summed E-state index contributed by atoms with van der Waals surface area (Å²) in [5.74, 6) is 0.0718. The minimum atomic E-state index is -0.646. The lowest BCUT2D eigenvalue weighted by molar-refractivity contribution is -0.138. The smallest absolute Gasteiger partial charge is 0.341 e. The van der Waals surface area contributed by atoms with Crippen molar-refractivity contribution in [2.45, 2.75) is 6.42 Å². The highest BCUT2D eigenvalue weighted by atomic mass is 16.5. The molecule has 36 heavy (non-hydrogen) atoms. The second-order valence-corrected chi connectivity index (χ2v) is 7.77. The lowest BCUT2D eigenvalue weighted by atomic mass is 10.0. The Labute approximate surface area is 210 Å². The van der Waals surface area contributed by atoms with Gasteiger partial charge in [-0.3, -0.25) is 0 Å². The highest BCUT2D eigenvalue weighted by Gasteiger charge is 2.08. The monoisotopic (exact) mass is 484 g/mol. The number of carbonyl (C=O) groups is 2. The summed E-state index contributed by atoms with van der Waals surface area (Å²) in [4.78, 5) is 22.7. The number of hydrogen-bond acceptors (Lipinski definition) is 6. The van der Waals surface area contributed by atoms with Crippen molar-refractivity contribution >= 4 is 24.1 Å². The van der Waals surface area contributed by atoms with Crippen molar-refractivity contribution < 1.29 is 28.9 Å². The van der Waals surface area contributed by atoms with Crippen LogP contribution in [0.15, 0.2) is 97.6 Å². The summed E-state index contributed by atoms with van der Waals surface area (Å²) in [5.41, 5.74) is 4.17. The number of benzene rings is 3. The van der Waals surface area contributed by atoms with Crippen molar-refractivity contribution in [2.24, 2.45) is 0 Å². The molecule has 1 N–H and O–H groups in total. The van der Waals surface area contributed by atoms with Crippen molar-refractivity contribution in [3.63, 3.8) is 0 Å². The summed E-state index contributed by atoms with van der Waals surface area (Å²) in [6, 6.07) is 23.1. The minimum Gasteiger partial charge on any atom is -0.493 e. The first-order valence-electron chi connectivity index (χ1n) is 11.4. The van der Waals surface area contributed by atoms with Crippen LogP contribution in [0.25, 0.3) is 23.3 Å². The van der Waals surface area contributed by atoms with Crippen LogP contribution in [0.4, 0.5) is 0 Å². The van der Waals surface area contributed by atoms with Gasteiger partial charge in [-0.2, -0.15) is 0 Å². The predicted molar refractivity (Wildman–Crippen MR) is 140 cm³/mol. The zero-order valence-corrected chi connectivity index (χ0v) is 19.9. The van der Waals surface area contributed by atoms with E-state index in [4.69, 9.17) is 19.3 Å². The molecule has 3 aromatic rings. The van der Waals surface area contributed by atoms with E-state index in [9.17, 15) is 9.59 Å². The molecule has 3 aromatic carbocycles. The average Bonchev–Trinajstić information content (AvgIpc) is 2.92. The Morgan fingerprint density at radius 1 is 0.778 bits per heavy atom. The van der Waals surface area contributed by atoms with E-state index in [-0.39, 0.29) is 5.57 Å². The first kappa shape index (κ1) is 26.2. The molecular weight excluding hydrogens is 456 g/mol. The molecule has 0 aromatic heterocycles. The summed E-state index contributed by atoms with van der Waals surface area (Å²) in [6.45, 7) is 7.12. The van der Waals surface area contributed by atoms with Crippen molar-refractivity contribution in [3.05, 3.63) is 109 Å². The molecular formula is C30H28O6. The van der Waals surface area contributed by atoms with Crippen LogP contribution in [0.2, 0.25) is 0 Å². The topological polar surface area (TPSA) is 82.1 Å². The molecule has 3 rings (SSSR count). The van der Waals surface area contributed by atoms with Gasteiger partial charge in [0.2, 0.25) is 0 Å². The number of rotatable bonds is 12. The summed E-state index contributed by atoms with van der Waals surface area (Å²) >= 11 is 0. The van der Waals surface area contributed by atoms with E-state index in [0.717, 1.165) is 34.1 Å². The van der Waals surface area contributed by atoms with Crippen molar-refractivity contribution in [1.29, 1.82) is 0 Å². The van der Waals surface area contributed by atoms with Crippen LogP contribution in [0.3, 0.4) is 0 Å². The summed E-state index contributed by atoms with van der Waals surface area (Å²) in [6.07, 6.45) is 5.72. The van der Waals surface area contributed by atoms with Gasteiger partial charge in [0, 0.05) is 12.5 Å². The molecule has 6 heteroatoms. The maximum Gasteiger partial charge on any atom is 0.341 e. The SMILES string of the molecule is C=CC(=O)OCCCOc1ccc(-c2ccc(/C=C/c3ccc(OC(=O)C(=C)CO)cc3)cc2)cc1. The van der Waals surface area contributed by atoms with E-state index in [2.05, 4.69) is 25.3 Å². The number of ether oxygens (including phenoxy) is 3. The first-order valence-corrected chi connectivity index (χ1v) is 11.4. The van der Waals surface area contributed by atoms with E-state index in [1.807, 2.05) is 60.7 Å². The molecule has 0 fully saturated rings. The zero-order valence-electron chi connectivity index (χ0n) is 19.9. The third-order valence-electron chi connectivity index (χ3n) is 5.11. The fourth-order valence-electron chi connectivity index (χ4n) is 3.09. The molecule has 0 radical (unpaired) electrons. The molecule has 0 amide bonds. The van der Waals surface area contributed by atoms with Crippen LogP contribution in [0, 0.1) is 0 Å². The first-order chi connectivity index (χ1) is 17.5. The second-order valence-electron chi connectivity index (χ2n) is 7.77. The third-order valence-corrected chi connectivity index (χ3v) is 5.11. The van der Waals surface area contributed by atoms with Gasteiger partial charge in [0.15, 0.2) is 0 Å². The average molecular weight is 485 g/mol. The molecule has 0 bridgehead atoms. The summed E-state index contributed by atoms with van der Waals surface area (Å²) in [5, 5.41) is 8.93. The summed E-state index contributed by atoms with van der Waals surface area (Å²) < 4.78 is 15.7. The van der Waals surface area contributed by atoms with E-state index in [1.165, 1.54) is 0 Å². The number of esters is 2. The highest BCUT2D eigenvalue weighted by Crippen LogP contribution is 2.24. The van der Waals surface area contributed by atoms with Crippen LogP contribution in [0.1, 0.15) is 17.5 Å². The lowest BCUT2D eigenvalue weighted by Gasteiger charge is -2.08. The molecule has 0 heterocycles. The Balaban J connectivity index is 1.50.